The van der Waals surface area contributed by atoms with Crippen LogP contribution in [0.3, 0.4) is 0 Å². The molecule has 5 heteroatoms. The van der Waals surface area contributed by atoms with Gasteiger partial charge in [-0.05, 0) is 34.9 Å². The van der Waals surface area contributed by atoms with Gasteiger partial charge in [-0.2, -0.15) is 9.83 Å². The average Bonchev–Trinajstić information content (AvgIpc) is 3.32. The van der Waals surface area contributed by atoms with Gasteiger partial charge in [0.2, 0.25) is 0 Å². The van der Waals surface area contributed by atoms with Gasteiger partial charge in [0.15, 0.2) is 11.9 Å². The lowest BCUT2D eigenvalue weighted by Crippen LogP contribution is -2.39. The summed E-state index contributed by atoms with van der Waals surface area (Å²) in [5.74, 6) is -0.385. The lowest BCUT2D eigenvalue weighted by atomic mass is 9.77. The van der Waals surface area contributed by atoms with Crippen molar-refractivity contribution in [2.75, 3.05) is 0 Å². The Morgan fingerprint density at radius 2 is 1.22 bits per heavy atom. The number of benzene rings is 4. The molecular weight excluding hydrogens is 449 g/mol. The minimum Gasteiger partial charge on any atom is -0.618 e. The van der Waals surface area contributed by atoms with E-state index >= 15 is 0 Å². The summed E-state index contributed by atoms with van der Waals surface area (Å²) in [6.45, 7) is 0. The molecule has 0 radical (unpaired) electrons. The van der Waals surface area contributed by atoms with Crippen molar-refractivity contribution in [1.29, 1.82) is 0 Å². The van der Waals surface area contributed by atoms with Gasteiger partial charge < -0.3 is 5.21 Å². The van der Waals surface area contributed by atoms with Gasteiger partial charge in [0.05, 0.1) is 0 Å². The third kappa shape index (κ3) is 3.36. The second kappa shape index (κ2) is 8.78. The van der Waals surface area contributed by atoms with Crippen molar-refractivity contribution in [3.63, 3.8) is 0 Å². The van der Waals surface area contributed by atoms with E-state index in [1.807, 2.05) is 65.3 Å². The number of hydrogen-bond acceptors (Lipinski definition) is 2. The molecule has 0 aliphatic rings. The highest BCUT2D eigenvalue weighted by atomic mass is 19.1. The molecule has 2 aromatic heterocycles. The van der Waals surface area contributed by atoms with E-state index in [0.29, 0.717) is 22.3 Å². The summed E-state index contributed by atoms with van der Waals surface area (Å²) in [6.07, 6.45) is 1.45. The van der Waals surface area contributed by atoms with E-state index < -0.39 is 5.54 Å². The third-order valence-corrected chi connectivity index (χ3v) is 6.58. The number of pyridine rings is 1. The van der Waals surface area contributed by atoms with Gasteiger partial charge in [0.1, 0.15) is 16.9 Å². The molecule has 0 spiro atoms. The Morgan fingerprint density at radius 1 is 0.667 bits per heavy atom. The predicted octanol–water partition coefficient (Wildman–Crippen LogP) is 6.32. The van der Waals surface area contributed by atoms with E-state index in [0.717, 1.165) is 21.4 Å². The maximum Gasteiger partial charge on any atom is 0.270 e. The molecule has 0 bridgehead atoms. The van der Waals surface area contributed by atoms with Crippen LogP contribution in [-0.4, -0.2) is 9.78 Å². The molecule has 0 saturated carbocycles. The van der Waals surface area contributed by atoms with Gasteiger partial charge >= 0.3 is 0 Å². The molecule has 0 saturated heterocycles. The van der Waals surface area contributed by atoms with Gasteiger partial charge in [-0.25, -0.2) is 9.07 Å². The molecule has 0 aliphatic carbocycles. The zero-order valence-corrected chi connectivity index (χ0v) is 19.3. The van der Waals surface area contributed by atoms with E-state index in [9.17, 15) is 9.60 Å². The fourth-order valence-electron chi connectivity index (χ4n) is 5.07. The van der Waals surface area contributed by atoms with Crippen LogP contribution in [0.2, 0.25) is 0 Å². The molecule has 0 N–H and O–H groups in total. The quantitative estimate of drug-likeness (QED) is 0.168. The average molecular weight is 472 g/mol. The highest BCUT2D eigenvalue weighted by Crippen LogP contribution is 2.43. The predicted molar refractivity (Wildman–Crippen MR) is 139 cm³/mol. The molecule has 0 fully saturated rings. The zero-order valence-electron chi connectivity index (χ0n) is 19.3. The van der Waals surface area contributed by atoms with Crippen LogP contribution in [0.25, 0.3) is 22.3 Å². The molecule has 0 aliphatic heterocycles. The maximum absolute atomic E-state index is 14.3. The van der Waals surface area contributed by atoms with E-state index in [1.165, 1.54) is 18.3 Å². The van der Waals surface area contributed by atoms with E-state index in [-0.39, 0.29) is 5.82 Å². The van der Waals surface area contributed by atoms with E-state index in [1.54, 1.807) is 18.2 Å². The minimum atomic E-state index is -0.901. The van der Waals surface area contributed by atoms with Crippen LogP contribution in [0.5, 0.6) is 0 Å². The molecule has 6 rings (SSSR count). The first-order valence-electron chi connectivity index (χ1n) is 11.7. The lowest BCUT2D eigenvalue weighted by molar-refractivity contribution is -0.576. The molecular formula is C31H22FN3O. The topological polar surface area (TPSA) is 44.8 Å². The molecule has 0 amide bonds. The molecule has 4 nitrogen and oxygen atoms in total. The van der Waals surface area contributed by atoms with Crippen LogP contribution in [0.15, 0.2) is 134 Å². The number of rotatable bonds is 5. The van der Waals surface area contributed by atoms with Gasteiger partial charge in [-0.1, -0.05) is 103 Å². The molecule has 0 unspecified atom stereocenters. The standard InChI is InChI=1S/C31H22FN3O/c32-27-19-10-12-23(22-27)29-30-28(20-11-21-34(30)36)35(33-29)31(24-13-4-1-5-14-24,25-15-6-2-7-16-25)26-17-8-3-9-18-26/h1-22H. The maximum atomic E-state index is 14.3. The summed E-state index contributed by atoms with van der Waals surface area (Å²) in [6, 6.07) is 40.2. The van der Waals surface area contributed by atoms with E-state index in [2.05, 4.69) is 36.4 Å². The fourth-order valence-corrected chi connectivity index (χ4v) is 5.07. The summed E-state index contributed by atoms with van der Waals surface area (Å²) >= 11 is 0. The van der Waals surface area contributed by atoms with Crippen LogP contribution in [0.4, 0.5) is 4.39 Å². The van der Waals surface area contributed by atoms with Crippen molar-refractivity contribution in [2.45, 2.75) is 5.54 Å². The van der Waals surface area contributed by atoms with Crippen LogP contribution >= 0.6 is 0 Å². The molecule has 174 valence electrons. The normalized spacial score (nSPS) is 11.6. The first-order valence-corrected chi connectivity index (χ1v) is 11.7. The lowest BCUT2D eigenvalue weighted by Gasteiger charge is -2.36. The molecule has 2 heterocycles. The SMILES string of the molecule is [O-][n+]1cccc2c1c(-c1cccc(F)c1)nn2C(c1ccccc1)(c1ccccc1)c1ccccc1. The Bertz CT molecular complexity index is 1550. The minimum absolute atomic E-state index is 0.385. The van der Waals surface area contributed by atoms with Crippen molar-refractivity contribution < 1.29 is 9.12 Å². The monoisotopic (exact) mass is 471 g/mol. The summed E-state index contributed by atoms with van der Waals surface area (Å²) in [7, 11) is 0. The Labute approximate surface area is 208 Å². The number of aromatic nitrogens is 3. The first kappa shape index (κ1) is 21.7. The molecule has 4 aromatic carbocycles. The molecule has 0 atom stereocenters. The Morgan fingerprint density at radius 3 is 1.75 bits per heavy atom. The Balaban J connectivity index is 1.81. The van der Waals surface area contributed by atoms with Crippen molar-refractivity contribution >= 4 is 11.0 Å². The van der Waals surface area contributed by atoms with Gasteiger partial charge in [0, 0.05) is 11.6 Å². The highest BCUT2D eigenvalue weighted by molar-refractivity contribution is 5.88. The largest absolute Gasteiger partial charge is 0.618 e. The van der Waals surface area contributed by atoms with Crippen LogP contribution in [-0.2, 0) is 5.54 Å². The van der Waals surface area contributed by atoms with Crippen LogP contribution in [0, 0.1) is 11.0 Å². The summed E-state index contributed by atoms with van der Waals surface area (Å²) in [5, 5.41) is 18.3. The van der Waals surface area contributed by atoms with Crippen LogP contribution in [0.1, 0.15) is 16.7 Å². The van der Waals surface area contributed by atoms with Crippen molar-refractivity contribution in [1.82, 2.24) is 9.78 Å². The van der Waals surface area contributed by atoms with Gasteiger partial charge in [0.25, 0.3) is 5.52 Å². The van der Waals surface area contributed by atoms with Crippen molar-refractivity contribution in [3.8, 4) is 11.3 Å². The van der Waals surface area contributed by atoms with Crippen molar-refractivity contribution in [3.05, 3.63) is 161 Å². The zero-order chi connectivity index (χ0) is 24.5. The Kier molecular flexibility index (Phi) is 5.30. The number of fused-ring (bicyclic) bond motifs is 1. The number of nitrogens with zero attached hydrogens (tertiary/aromatic N) is 3. The number of hydrogen-bond donors (Lipinski definition) is 0. The second-order valence-corrected chi connectivity index (χ2v) is 8.65. The smallest absolute Gasteiger partial charge is 0.270 e. The summed E-state index contributed by atoms with van der Waals surface area (Å²) in [4.78, 5) is 0. The first-order chi connectivity index (χ1) is 17.7. The Hall–Kier alpha value is -4.77. The summed E-state index contributed by atoms with van der Waals surface area (Å²) in [5.41, 5.74) is 4.04. The van der Waals surface area contributed by atoms with E-state index in [4.69, 9.17) is 5.10 Å². The highest BCUT2D eigenvalue weighted by Gasteiger charge is 2.42. The van der Waals surface area contributed by atoms with Crippen LogP contribution < -0.4 is 4.73 Å². The number of halogens is 1. The van der Waals surface area contributed by atoms with Gasteiger partial charge in [-0.3, -0.25) is 0 Å². The fraction of sp³-hybridized carbons (Fsp3) is 0.0323. The molecule has 36 heavy (non-hydrogen) atoms. The van der Waals surface area contributed by atoms with Gasteiger partial charge in [-0.15, -0.1) is 0 Å². The van der Waals surface area contributed by atoms with Crippen molar-refractivity contribution in [2.24, 2.45) is 0 Å². The second-order valence-electron chi connectivity index (χ2n) is 8.65. The summed E-state index contributed by atoms with van der Waals surface area (Å²) < 4.78 is 17.0. The molecule has 6 aromatic rings. The third-order valence-electron chi connectivity index (χ3n) is 6.58.